The van der Waals surface area contributed by atoms with Crippen molar-refractivity contribution >= 4 is 11.8 Å². The van der Waals surface area contributed by atoms with Gasteiger partial charge in [0.2, 0.25) is 5.88 Å². The highest BCUT2D eigenvalue weighted by molar-refractivity contribution is 7.99. The van der Waals surface area contributed by atoms with E-state index >= 15 is 0 Å². The van der Waals surface area contributed by atoms with Crippen LogP contribution in [0.5, 0.6) is 11.6 Å². The van der Waals surface area contributed by atoms with E-state index in [9.17, 15) is 0 Å². The van der Waals surface area contributed by atoms with Gasteiger partial charge in [-0.25, -0.2) is 4.98 Å². The van der Waals surface area contributed by atoms with Crippen LogP contribution in [0.15, 0.2) is 23.4 Å². The molecule has 7 nitrogen and oxygen atoms in total. The highest BCUT2D eigenvalue weighted by atomic mass is 32.2. The Labute approximate surface area is 174 Å². The first-order valence-electron chi connectivity index (χ1n) is 9.51. The number of hydrogen-bond acceptors (Lipinski definition) is 8. The third-order valence-corrected chi connectivity index (χ3v) is 6.30. The van der Waals surface area contributed by atoms with Crippen LogP contribution in [0.1, 0.15) is 24.0 Å². The molecule has 1 N–H and O–H groups in total. The van der Waals surface area contributed by atoms with Crippen LogP contribution in [-0.2, 0) is 11.8 Å². The van der Waals surface area contributed by atoms with E-state index in [1.165, 1.54) is 17.3 Å². The van der Waals surface area contributed by atoms with Crippen molar-refractivity contribution in [3.05, 3.63) is 29.3 Å². The summed E-state index contributed by atoms with van der Waals surface area (Å²) in [5, 5.41) is 22.0. The predicted octanol–water partition coefficient (Wildman–Crippen LogP) is 2.85. The quantitative estimate of drug-likeness (QED) is 0.596. The first-order chi connectivity index (χ1) is 14.2. The molecule has 0 saturated carbocycles. The molecule has 0 amide bonds. The second-order valence-corrected chi connectivity index (χ2v) is 8.10. The van der Waals surface area contributed by atoms with E-state index in [1.54, 1.807) is 7.11 Å². The van der Waals surface area contributed by atoms with Crippen LogP contribution < -0.4 is 14.8 Å². The lowest BCUT2D eigenvalue weighted by Crippen LogP contribution is -2.43. The van der Waals surface area contributed by atoms with Crippen LogP contribution in [0.4, 0.5) is 0 Å². The summed E-state index contributed by atoms with van der Waals surface area (Å²) in [6.07, 6.45) is 2.73. The highest BCUT2D eigenvalue weighted by Crippen LogP contribution is 2.51. The lowest BCUT2D eigenvalue weighted by atomic mass is 9.64. The lowest BCUT2D eigenvalue weighted by molar-refractivity contribution is 0.274. The summed E-state index contributed by atoms with van der Waals surface area (Å²) in [6.45, 7) is 1.73. The highest BCUT2D eigenvalue weighted by Gasteiger charge is 2.44. The maximum absolute atomic E-state index is 9.07. The Bertz CT molecular complexity index is 1010. The van der Waals surface area contributed by atoms with E-state index < -0.39 is 0 Å². The minimum Gasteiger partial charge on any atom is -0.497 e. The van der Waals surface area contributed by atoms with Gasteiger partial charge in [0.1, 0.15) is 11.8 Å². The average Bonchev–Trinajstić information content (AvgIpc) is 2.76. The van der Waals surface area contributed by atoms with E-state index in [1.807, 2.05) is 18.2 Å². The predicted molar refractivity (Wildman–Crippen MR) is 109 cm³/mol. The molecule has 1 spiro atoms. The third kappa shape index (κ3) is 3.62. The van der Waals surface area contributed by atoms with Crippen molar-refractivity contribution in [3.8, 4) is 35.0 Å². The monoisotopic (exact) mass is 407 g/mol. The molecule has 0 unspecified atom stereocenters. The molecule has 2 aromatic rings. The van der Waals surface area contributed by atoms with Crippen molar-refractivity contribution in [3.63, 3.8) is 0 Å². The standard InChI is InChI=1S/C21H21N5O2S/c1-27-15-2-3-16-14(12-15)13-21(4-8-24-9-5-21)17-18(16)25-20(29-11-7-23)26-19(17)28-10-6-22/h2-3,12,24H,4-5,8-11,13H2,1H3. The number of fused-ring (bicyclic) bond motifs is 4. The summed E-state index contributed by atoms with van der Waals surface area (Å²) in [5.41, 5.74) is 3.92. The topological polar surface area (TPSA) is 104 Å². The molecule has 1 aromatic carbocycles. The molecule has 1 aromatic heterocycles. The third-order valence-electron chi connectivity index (χ3n) is 5.58. The van der Waals surface area contributed by atoms with Crippen molar-refractivity contribution in [2.75, 3.05) is 32.6 Å². The molecule has 148 valence electrons. The van der Waals surface area contributed by atoms with Crippen LogP contribution in [-0.4, -0.2) is 42.5 Å². The van der Waals surface area contributed by atoms with Crippen LogP contribution in [0, 0.1) is 22.7 Å². The van der Waals surface area contributed by atoms with Gasteiger partial charge in [-0.3, -0.25) is 0 Å². The Kier molecular flexibility index (Phi) is 5.57. The first kappa shape index (κ1) is 19.5. The van der Waals surface area contributed by atoms with Gasteiger partial charge in [-0.05, 0) is 56.1 Å². The number of rotatable bonds is 5. The lowest BCUT2D eigenvalue weighted by Gasteiger charge is -2.42. The van der Waals surface area contributed by atoms with E-state index in [0.717, 1.165) is 54.9 Å². The number of piperidine rings is 1. The number of thioether (sulfide) groups is 1. The van der Waals surface area contributed by atoms with E-state index in [-0.39, 0.29) is 17.8 Å². The minimum absolute atomic E-state index is 0.0738. The molecule has 2 aliphatic rings. The maximum atomic E-state index is 9.07. The van der Waals surface area contributed by atoms with Gasteiger partial charge >= 0.3 is 0 Å². The van der Waals surface area contributed by atoms with Crippen molar-refractivity contribution in [1.82, 2.24) is 15.3 Å². The maximum Gasteiger partial charge on any atom is 0.222 e. The summed E-state index contributed by atoms with van der Waals surface area (Å²) >= 11 is 1.27. The van der Waals surface area contributed by atoms with Crippen molar-refractivity contribution in [2.45, 2.75) is 29.8 Å². The molecule has 1 fully saturated rings. The number of nitriles is 2. The first-order valence-corrected chi connectivity index (χ1v) is 10.5. The number of nitrogens with one attached hydrogen (secondary N) is 1. The van der Waals surface area contributed by atoms with Crippen LogP contribution in [0.25, 0.3) is 11.3 Å². The molecule has 0 atom stereocenters. The largest absolute Gasteiger partial charge is 0.497 e. The zero-order chi connectivity index (χ0) is 20.3. The van der Waals surface area contributed by atoms with Crippen LogP contribution in [0.3, 0.4) is 0 Å². The summed E-state index contributed by atoms with van der Waals surface area (Å²) in [4.78, 5) is 9.44. The number of hydrogen-bond donors (Lipinski definition) is 1. The van der Waals surface area contributed by atoms with Gasteiger partial charge in [-0.15, -0.1) is 0 Å². The molecule has 1 aliphatic carbocycles. The Hall–Kier alpha value is -2.81. The fourth-order valence-electron chi connectivity index (χ4n) is 4.32. The van der Waals surface area contributed by atoms with Gasteiger partial charge in [-0.2, -0.15) is 15.5 Å². The minimum atomic E-state index is -0.150. The number of nitrogens with zero attached hydrogens (tertiary/aromatic N) is 4. The van der Waals surface area contributed by atoms with E-state index in [4.69, 9.17) is 25.0 Å². The summed E-state index contributed by atoms with van der Waals surface area (Å²) in [7, 11) is 1.67. The van der Waals surface area contributed by atoms with Crippen LogP contribution in [0.2, 0.25) is 0 Å². The van der Waals surface area contributed by atoms with Crippen molar-refractivity contribution in [1.29, 1.82) is 10.5 Å². The fraction of sp³-hybridized carbons (Fsp3) is 0.429. The number of benzene rings is 1. The average molecular weight is 407 g/mol. The zero-order valence-electron chi connectivity index (χ0n) is 16.2. The smallest absolute Gasteiger partial charge is 0.222 e. The molecule has 8 heteroatoms. The van der Waals surface area contributed by atoms with Crippen molar-refractivity contribution in [2.24, 2.45) is 0 Å². The molecule has 1 aliphatic heterocycles. The molecule has 29 heavy (non-hydrogen) atoms. The Balaban J connectivity index is 1.94. The van der Waals surface area contributed by atoms with E-state index in [2.05, 4.69) is 22.4 Å². The summed E-state index contributed by atoms with van der Waals surface area (Å²) in [6, 6.07) is 10.2. The molecule has 0 bridgehead atoms. The van der Waals surface area contributed by atoms with Gasteiger partial charge < -0.3 is 14.8 Å². The fourth-order valence-corrected chi connectivity index (χ4v) is 4.82. The zero-order valence-corrected chi connectivity index (χ0v) is 17.0. The van der Waals surface area contributed by atoms with Gasteiger partial charge in [0.25, 0.3) is 0 Å². The number of aromatic nitrogens is 2. The van der Waals surface area contributed by atoms with Crippen molar-refractivity contribution < 1.29 is 9.47 Å². The van der Waals surface area contributed by atoms with Gasteiger partial charge in [0.15, 0.2) is 11.8 Å². The Morgan fingerprint density at radius 3 is 2.76 bits per heavy atom. The molecule has 2 heterocycles. The number of methoxy groups -OCH3 is 1. The molecular formula is C21H21N5O2S. The molecular weight excluding hydrogens is 386 g/mol. The van der Waals surface area contributed by atoms with Gasteiger partial charge in [0, 0.05) is 16.5 Å². The van der Waals surface area contributed by atoms with Crippen LogP contribution >= 0.6 is 11.8 Å². The Morgan fingerprint density at radius 1 is 1.21 bits per heavy atom. The summed E-state index contributed by atoms with van der Waals surface area (Å²) < 4.78 is 11.3. The Morgan fingerprint density at radius 2 is 2.03 bits per heavy atom. The van der Waals surface area contributed by atoms with Gasteiger partial charge in [0.05, 0.1) is 24.6 Å². The second kappa shape index (κ2) is 8.28. The normalized spacial score (nSPS) is 16.2. The summed E-state index contributed by atoms with van der Waals surface area (Å²) in [5.74, 6) is 1.55. The van der Waals surface area contributed by atoms with Gasteiger partial charge in [-0.1, -0.05) is 11.8 Å². The molecule has 1 saturated heterocycles. The number of ether oxygens (including phenoxy) is 2. The second-order valence-electron chi connectivity index (χ2n) is 7.16. The molecule has 0 radical (unpaired) electrons. The molecule has 4 rings (SSSR count). The SMILES string of the molecule is COc1ccc2c(c1)CC1(CCNCC1)c1c(OCC#N)nc(SCC#N)nc1-2. The van der Waals surface area contributed by atoms with E-state index in [0.29, 0.717) is 11.0 Å².